The third kappa shape index (κ3) is 3.72. The Labute approximate surface area is 141 Å². The van der Waals surface area contributed by atoms with Crippen LogP contribution in [0.3, 0.4) is 0 Å². The number of carbonyl (C=O) groups is 1. The number of nitrogens with zero attached hydrogens (tertiary/aromatic N) is 2. The normalized spacial score (nSPS) is 36.1. The third-order valence-corrected chi connectivity index (χ3v) is 6.04. The lowest BCUT2D eigenvalue weighted by Gasteiger charge is -2.42. The summed E-state index contributed by atoms with van der Waals surface area (Å²) >= 11 is 0. The predicted molar refractivity (Wildman–Crippen MR) is 83.3 cm³/mol. The van der Waals surface area contributed by atoms with Crippen molar-refractivity contribution in [2.24, 2.45) is 11.8 Å². The quantitative estimate of drug-likeness (QED) is 0.833. The highest BCUT2D eigenvalue weighted by Gasteiger charge is 2.49. The van der Waals surface area contributed by atoms with Gasteiger partial charge < -0.3 is 10.0 Å². The van der Waals surface area contributed by atoms with Crippen molar-refractivity contribution in [2.45, 2.75) is 63.3 Å². The first kappa shape index (κ1) is 18.0. The summed E-state index contributed by atoms with van der Waals surface area (Å²) in [6.45, 7) is 2.25. The van der Waals surface area contributed by atoms with E-state index in [0.717, 1.165) is 19.3 Å². The van der Waals surface area contributed by atoms with E-state index in [2.05, 4.69) is 4.90 Å². The Hall–Kier alpha value is -0.820. The van der Waals surface area contributed by atoms with Crippen molar-refractivity contribution in [3.63, 3.8) is 0 Å². The van der Waals surface area contributed by atoms with Crippen LogP contribution < -0.4 is 0 Å². The molecule has 1 aliphatic heterocycles. The van der Waals surface area contributed by atoms with Gasteiger partial charge in [-0.05, 0) is 32.1 Å². The molecule has 0 radical (unpaired) electrons. The number of carbonyl (C=O) groups excluding carboxylic acids is 1. The molecular weight excluding hydrogens is 321 g/mol. The molecule has 2 aliphatic carbocycles. The fourth-order valence-electron chi connectivity index (χ4n) is 4.67. The molecule has 0 spiro atoms. The Morgan fingerprint density at radius 1 is 0.917 bits per heavy atom. The van der Waals surface area contributed by atoms with Crippen LogP contribution in [0.25, 0.3) is 0 Å². The molecule has 1 heterocycles. The Morgan fingerprint density at radius 3 is 2.17 bits per heavy atom. The molecule has 4 nitrogen and oxygen atoms in total. The molecule has 0 aromatic heterocycles. The van der Waals surface area contributed by atoms with Crippen LogP contribution >= 0.6 is 0 Å². The molecule has 24 heavy (non-hydrogen) atoms. The van der Waals surface area contributed by atoms with Gasteiger partial charge in [-0.1, -0.05) is 12.8 Å². The summed E-state index contributed by atoms with van der Waals surface area (Å²) in [6, 6.07) is 0.153. The number of aliphatic hydroxyl groups is 1. The average molecular weight is 348 g/mol. The summed E-state index contributed by atoms with van der Waals surface area (Å²) in [5.41, 5.74) is 0. The Kier molecular flexibility index (Phi) is 5.39. The molecule has 1 N–H and O–H groups in total. The van der Waals surface area contributed by atoms with Gasteiger partial charge in [-0.25, -0.2) is 0 Å². The number of hydrogen-bond donors (Lipinski definition) is 1. The molecule has 3 fully saturated rings. The summed E-state index contributed by atoms with van der Waals surface area (Å²) in [7, 11) is 0. The lowest BCUT2D eigenvalue weighted by molar-refractivity contribution is -0.201. The van der Waals surface area contributed by atoms with E-state index >= 15 is 0 Å². The maximum absolute atomic E-state index is 13.2. The first-order valence-corrected chi connectivity index (χ1v) is 9.15. The largest absolute Gasteiger partial charge is 0.392 e. The van der Waals surface area contributed by atoms with Crippen molar-refractivity contribution in [1.82, 2.24) is 9.80 Å². The van der Waals surface area contributed by atoms with Crippen LogP contribution in [0, 0.1) is 11.8 Å². The number of rotatable bonds is 2. The van der Waals surface area contributed by atoms with Crippen molar-refractivity contribution >= 4 is 5.91 Å². The second kappa shape index (κ2) is 7.20. The van der Waals surface area contributed by atoms with Gasteiger partial charge in [-0.3, -0.25) is 9.69 Å². The average Bonchev–Trinajstić information content (AvgIpc) is 2.99. The monoisotopic (exact) mass is 348 g/mol. The standard InChI is InChI=1S/C17H27F3N2O2/c18-17(19,20)13-5-2-1-4-12(13)16(24)22-10-8-21(9-11-22)14-6-3-7-15(14)23/h12-15,23H,1-11H2/t12-,13+,14-,15+/m1/s1. The number of piperazine rings is 1. The van der Waals surface area contributed by atoms with Crippen molar-refractivity contribution in [1.29, 1.82) is 0 Å². The molecule has 2 saturated carbocycles. The molecule has 138 valence electrons. The van der Waals surface area contributed by atoms with Crippen LogP contribution in [0.4, 0.5) is 13.2 Å². The molecule has 0 aromatic rings. The lowest BCUT2D eigenvalue weighted by atomic mass is 9.78. The van der Waals surface area contributed by atoms with E-state index in [0.29, 0.717) is 45.4 Å². The SMILES string of the molecule is O=C([C@@H]1CCCC[C@@H]1C(F)(F)F)N1CCN([C@@H]2CCC[C@@H]2O)CC1. The maximum Gasteiger partial charge on any atom is 0.392 e. The van der Waals surface area contributed by atoms with E-state index in [1.54, 1.807) is 4.90 Å². The summed E-state index contributed by atoms with van der Waals surface area (Å²) in [5.74, 6) is -2.69. The Balaban J connectivity index is 1.58. The zero-order chi connectivity index (χ0) is 17.3. The Bertz CT molecular complexity index is 450. The van der Waals surface area contributed by atoms with Crippen LogP contribution in [0.1, 0.15) is 44.9 Å². The fraction of sp³-hybridized carbons (Fsp3) is 0.941. The topological polar surface area (TPSA) is 43.8 Å². The third-order valence-electron chi connectivity index (χ3n) is 6.04. The number of alkyl halides is 3. The van der Waals surface area contributed by atoms with Gasteiger partial charge >= 0.3 is 6.18 Å². The minimum absolute atomic E-state index is 0.0775. The lowest BCUT2D eigenvalue weighted by Crippen LogP contribution is -2.55. The molecule has 1 amide bonds. The summed E-state index contributed by atoms with van der Waals surface area (Å²) in [5, 5.41) is 10.00. The van der Waals surface area contributed by atoms with Crippen molar-refractivity contribution in [3.8, 4) is 0 Å². The second-order valence-electron chi connectivity index (χ2n) is 7.47. The van der Waals surface area contributed by atoms with E-state index in [4.69, 9.17) is 0 Å². The van der Waals surface area contributed by atoms with Gasteiger partial charge in [0.2, 0.25) is 5.91 Å². The van der Waals surface area contributed by atoms with Crippen LogP contribution in [-0.2, 0) is 4.79 Å². The molecule has 0 unspecified atom stereocenters. The first-order chi connectivity index (χ1) is 11.4. The summed E-state index contributed by atoms with van der Waals surface area (Å²) < 4.78 is 39.7. The van der Waals surface area contributed by atoms with Crippen molar-refractivity contribution < 1.29 is 23.1 Å². The van der Waals surface area contributed by atoms with Gasteiger partial charge in [-0.2, -0.15) is 13.2 Å². The minimum Gasteiger partial charge on any atom is -0.391 e. The van der Waals surface area contributed by atoms with E-state index in [-0.39, 0.29) is 24.5 Å². The van der Waals surface area contributed by atoms with Gasteiger partial charge in [-0.15, -0.1) is 0 Å². The van der Waals surface area contributed by atoms with Crippen molar-refractivity contribution in [3.05, 3.63) is 0 Å². The van der Waals surface area contributed by atoms with E-state index in [1.807, 2.05) is 0 Å². The van der Waals surface area contributed by atoms with Gasteiger partial charge in [0.1, 0.15) is 0 Å². The number of halogens is 3. The van der Waals surface area contributed by atoms with E-state index < -0.39 is 18.0 Å². The molecule has 3 rings (SSSR count). The molecule has 4 atom stereocenters. The van der Waals surface area contributed by atoms with Gasteiger partial charge in [0.05, 0.1) is 12.0 Å². The molecule has 1 saturated heterocycles. The molecule has 0 bridgehead atoms. The highest BCUT2D eigenvalue weighted by molar-refractivity contribution is 5.79. The first-order valence-electron chi connectivity index (χ1n) is 9.15. The Morgan fingerprint density at radius 2 is 1.58 bits per heavy atom. The maximum atomic E-state index is 13.2. The van der Waals surface area contributed by atoms with Crippen molar-refractivity contribution in [2.75, 3.05) is 26.2 Å². The zero-order valence-electron chi connectivity index (χ0n) is 14.0. The predicted octanol–water partition coefficient (Wildman–Crippen LogP) is 2.41. The number of hydrogen-bond acceptors (Lipinski definition) is 3. The number of aliphatic hydroxyl groups excluding tert-OH is 1. The molecule has 7 heteroatoms. The molecule has 3 aliphatic rings. The van der Waals surface area contributed by atoms with E-state index in [9.17, 15) is 23.1 Å². The summed E-state index contributed by atoms with van der Waals surface area (Å²) in [6.07, 6.45) is -0.0959. The second-order valence-corrected chi connectivity index (χ2v) is 7.47. The zero-order valence-corrected chi connectivity index (χ0v) is 14.0. The highest BCUT2D eigenvalue weighted by atomic mass is 19.4. The highest BCUT2D eigenvalue weighted by Crippen LogP contribution is 2.42. The van der Waals surface area contributed by atoms with Crippen LogP contribution in [0.2, 0.25) is 0 Å². The number of amides is 1. The molecule has 0 aromatic carbocycles. The van der Waals surface area contributed by atoms with Gasteiger partial charge in [0.25, 0.3) is 0 Å². The van der Waals surface area contributed by atoms with Crippen LogP contribution in [-0.4, -0.2) is 65.3 Å². The minimum atomic E-state index is -4.28. The summed E-state index contributed by atoms with van der Waals surface area (Å²) in [4.78, 5) is 16.5. The smallest absolute Gasteiger partial charge is 0.391 e. The molecular formula is C17H27F3N2O2. The fourth-order valence-corrected chi connectivity index (χ4v) is 4.67. The van der Waals surface area contributed by atoms with Crippen LogP contribution in [0.5, 0.6) is 0 Å². The van der Waals surface area contributed by atoms with Crippen LogP contribution in [0.15, 0.2) is 0 Å². The van der Waals surface area contributed by atoms with Gasteiger partial charge in [0.15, 0.2) is 0 Å². The van der Waals surface area contributed by atoms with Gasteiger partial charge in [0, 0.05) is 38.1 Å². The van der Waals surface area contributed by atoms with E-state index in [1.165, 1.54) is 0 Å².